The van der Waals surface area contributed by atoms with E-state index in [9.17, 15) is 13.2 Å². The van der Waals surface area contributed by atoms with Crippen LogP contribution in [0, 0.1) is 0 Å². The number of aryl methyl sites for hydroxylation is 1. The van der Waals surface area contributed by atoms with E-state index < -0.39 is 10.0 Å². The summed E-state index contributed by atoms with van der Waals surface area (Å²) in [6, 6.07) is 11.9. The predicted molar refractivity (Wildman–Crippen MR) is 98.3 cm³/mol. The minimum Gasteiger partial charge on any atom is -0.312 e. The molecule has 3 rings (SSSR count). The maximum Gasteiger partial charge on any atom is 0.240 e. The Labute approximate surface area is 152 Å². The smallest absolute Gasteiger partial charge is 0.240 e. The highest BCUT2D eigenvalue weighted by Crippen LogP contribution is 2.29. The average Bonchev–Trinajstić information content (AvgIpc) is 2.60. The highest BCUT2D eigenvalue weighted by Gasteiger charge is 2.22. The second-order valence-electron chi connectivity index (χ2n) is 6.02. The zero-order valence-corrected chi connectivity index (χ0v) is 15.4. The molecule has 1 amide bonds. The van der Waals surface area contributed by atoms with Crippen LogP contribution >= 0.6 is 11.6 Å². The van der Waals surface area contributed by atoms with E-state index in [1.165, 1.54) is 6.92 Å². The molecule has 1 aliphatic rings. The van der Waals surface area contributed by atoms with E-state index in [0.717, 1.165) is 29.7 Å². The summed E-state index contributed by atoms with van der Waals surface area (Å²) in [4.78, 5) is 13.6. The first-order chi connectivity index (χ1) is 11.9. The minimum atomic E-state index is -3.63. The third-order valence-electron chi connectivity index (χ3n) is 4.24. The summed E-state index contributed by atoms with van der Waals surface area (Å²) in [5.74, 6) is -0.0302. The molecule has 0 unspecified atom stereocenters. The molecule has 0 spiro atoms. The Bertz CT molecular complexity index is 895. The topological polar surface area (TPSA) is 66.5 Å². The van der Waals surface area contributed by atoms with Gasteiger partial charge in [-0.2, -0.15) is 0 Å². The lowest BCUT2D eigenvalue weighted by Gasteiger charge is -2.28. The van der Waals surface area contributed by atoms with Crippen molar-refractivity contribution in [2.75, 3.05) is 11.4 Å². The fourth-order valence-corrected chi connectivity index (χ4v) is 4.13. The van der Waals surface area contributed by atoms with E-state index in [1.54, 1.807) is 47.4 Å². The number of rotatable bonds is 4. The summed E-state index contributed by atoms with van der Waals surface area (Å²) in [6.07, 6.45) is 1.59. The molecule has 1 aliphatic heterocycles. The lowest BCUT2D eigenvalue weighted by molar-refractivity contribution is -0.116. The number of sulfonamides is 1. The molecule has 132 valence electrons. The molecule has 0 saturated carbocycles. The Balaban J connectivity index is 1.80. The van der Waals surface area contributed by atoms with E-state index in [1.807, 2.05) is 0 Å². The Morgan fingerprint density at radius 3 is 2.60 bits per heavy atom. The van der Waals surface area contributed by atoms with Gasteiger partial charge in [0.25, 0.3) is 0 Å². The quantitative estimate of drug-likeness (QED) is 0.888. The normalized spacial score (nSPS) is 14.2. The van der Waals surface area contributed by atoms with Crippen molar-refractivity contribution in [2.24, 2.45) is 0 Å². The van der Waals surface area contributed by atoms with Gasteiger partial charge in [-0.1, -0.05) is 23.7 Å². The zero-order valence-electron chi connectivity index (χ0n) is 13.8. The number of anilines is 1. The highest BCUT2D eigenvalue weighted by molar-refractivity contribution is 7.89. The lowest BCUT2D eigenvalue weighted by Crippen LogP contribution is -2.33. The predicted octanol–water partition coefficient (Wildman–Crippen LogP) is 3.12. The molecule has 2 aromatic rings. The van der Waals surface area contributed by atoms with Gasteiger partial charge in [-0.25, -0.2) is 13.1 Å². The van der Waals surface area contributed by atoms with Crippen LogP contribution in [0.5, 0.6) is 0 Å². The number of nitrogens with one attached hydrogen (secondary N) is 1. The molecule has 7 heteroatoms. The Morgan fingerprint density at radius 1 is 1.20 bits per heavy atom. The number of halogens is 1. The first-order valence-electron chi connectivity index (χ1n) is 8.02. The molecule has 0 fully saturated rings. The van der Waals surface area contributed by atoms with Crippen LogP contribution in [-0.2, 0) is 27.8 Å². The van der Waals surface area contributed by atoms with Crippen LogP contribution in [0.3, 0.4) is 0 Å². The van der Waals surface area contributed by atoms with Crippen LogP contribution < -0.4 is 9.62 Å². The van der Waals surface area contributed by atoms with E-state index >= 15 is 0 Å². The summed E-state index contributed by atoms with van der Waals surface area (Å²) in [5, 5.41) is 0.608. The van der Waals surface area contributed by atoms with Crippen molar-refractivity contribution in [3.8, 4) is 0 Å². The van der Waals surface area contributed by atoms with Gasteiger partial charge in [0, 0.05) is 30.7 Å². The van der Waals surface area contributed by atoms with Gasteiger partial charge in [-0.15, -0.1) is 0 Å². The first-order valence-corrected chi connectivity index (χ1v) is 9.88. The highest BCUT2D eigenvalue weighted by atomic mass is 35.5. The number of carbonyl (C=O) groups is 1. The third kappa shape index (κ3) is 4.03. The minimum absolute atomic E-state index is 0.0302. The number of amides is 1. The maximum atomic E-state index is 12.6. The molecule has 0 radical (unpaired) electrons. The van der Waals surface area contributed by atoms with Gasteiger partial charge in [0.1, 0.15) is 0 Å². The third-order valence-corrected chi connectivity index (χ3v) is 5.89. The van der Waals surface area contributed by atoms with Gasteiger partial charge in [0.15, 0.2) is 0 Å². The molecule has 2 aromatic carbocycles. The number of hydrogen-bond acceptors (Lipinski definition) is 3. The first kappa shape index (κ1) is 17.9. The Hall–Kier alpha value is -1.89. The van der Waals surface area contributed by atoms with Crippen LogP contribution in [0.15, 0.2) is 47.4 Å². The molecule has 0 aromatic heterocycles. The second-order valence-corrected chi connectivity index (χ2v) is 8.22. The number of fused-ring (bicyclic) bond motifs is 1. The van der Waals surface area contributed by atoms with Gasteiger partial charge in [0.2, 0.25) is 15.9 Å². The van der Waals surface area contributed by atoms with E-state index in [4.69, 9.17) is 11.6 Å². The maximum absolute atomic E-state index is 12.6. The monoisotopic (exact) mass is 378 g/mol. The largest absolute Gasteiger partial charge is 0.312 e. The molecule has 1 N–H and O–H groups in total. The molecule has 5 nitrogen and oxygen atoms in total. The summed E-state index contributed by atoms with van der Waals surface area (Å²) in [7, 11) is -3.63. The summed E-state index contributed by atoms with van der Waals surface area (Å²) in [5.41, 5.74) is 2.51. The van der Waals surface area contributed by atoms with Crippen molar-refractivity contribution in [1.82, 2.24) is 4.72 Å². The van der Waals surface area contributed by atoms with E-state index in [-0.39, 0.29) is 17.3 Å². The number of carbonyl (C=O) groups excluding carboxylic acids is 1. The summed E-state index contributed by atoms with van der Waals surface area (Å²) in [6.45, 7) is 2.38. The molecule has 0 atom stereocenters. The Morgan fingerprint density at radius 2 is 1.92 bits per heavy atom. The van der Waals surface area contributed by atoms with Gasteiger partial charge in [-0.05, 0) is 54.3 Å². The summed E-state index contributed by atoms with van der Waals surface area (Å²) < 4.78 is 27.7. The van der Waals surface area contributed by atoms with Crippen molar-refractivity contribution < 1.29 is 13.2 Å². The molecule has 0 bridgehead atoms. The van der Waals surface area contributed by atoms with Crippen LogP contribution in [-0.4, -0.2) is 20.9 Å². The van der Waals surface area contributed by atoms with Crippen molar-refractivity contribution >= 4 is 33.2 Å². The van der Waals surface area contributed by atoms with Gasteiger partial charge < -0.3 is 4.90 Å². The molecule has 1 heterocycles. The van der Waals surface area contributed by atoms with E-state index in [0.29, 0.717) is 11.6 Å². The van der Waals surface area contributed by atoms with Crippen LogP contribution in [0.25, 0.3) is 0 Å². The molecule has 25 heavy (non-hydrogen) atoms. The summed E-state index contributed by atoms with van der Waals surface area (Å²) >= 11 is 5.83. The van der Waals surface area contributed by atoms with Gasteiger partial charge >= 0.3 is 0 Å². The van der Waals surface area contributed by atoms with Gasteiger partial charge in [-0.3, -0.25) is 4.79 Å². The fourth-order valence-electron chi connectivity index (χ4n) is 2.93. The number of benzene rings is 2. The van der Waals surface area contributed by atoms with Crippen LogP contribution in [0.1, 0.15) is 24.5 Å². The lowest BCUT2D eigenvalue weighted by atomic mass is 10.0. The van der Waals surface area contributed by atoms with Crippen molar-refractivity contribution in [1.29, 1.82) is 0 Å². The van der Waals surface area contributed by atoms with Crippen LogP contribution in [0.2, 0.25) is 5.02 Å². The average molecular weight is 379 g/mol. The number of nitrogens with zero attached hydrogens (tertiary/aromatic N) is 1. The molecular weight excluding hydrogens is 360 g/mol. The standard InChI is InChI=1S/C18H19ClN2O3S/c1-13(22)21-10-2-3-15-11-17(8-9-18(15)21)25(23,24)20-12-14-4-6-16(19)7-5-14/h4-9,11,20H,2-3,10,12H2,1H3. The van der Waals surface area contributed by atoms with Crippen molar-refractivity contribution in [3.63, 3.8) is 0 Å². The molecule has 0 aliphatic carbocycles. The van der Waals surface area contributed by atoms with Gasteiger partial charge in [0.05, 0.1) is 4.90 Å². The SMILES string of the molecule is CC(=O)N1CCCc2cc(S(=O)(=O)NCc3ccc(Cl)cc3)ccc21. The zero-order chi connectivity index (χ0) is 18.0. The number of hydrogen-bond donors (Lipinski definition) is 1. The Kier molecular flexibility index (Phi) is 5.13. The van der Waals surface area contributed by atoms with Crippen LogP contribution in [0.4, 0.5) is 5.69 Å². The van der Waals surface area contributed by atoms with E-state index in [2.05, 4.69) is 4.72 Å². The van der Waals surface area contributed by atoms with Crippen molar-refractivity contribution in [2.45, 2.75) is 31.2 Å². The second kappa shape index (κ2) is 7.15. The van der Waals surface area contributed by atoms with Crippen molar-refractivity contribution in [3.05, 3.63) is 58.6 Å². The molecule has 0 saturated heterocycles. The fraction of sp³-hybridized carbons (Fsp3) is 0.278. The molecular formula is C18H19ClN2O3S.